The van der Waals surface area contributed by atoms with Gasteiger partial charge in [-0.25, -0.2) is 0 Å². The van der Waals surface area contributed by atoms with Gasteiger partial charge in [-0.05, 0) is 11.1 Å². The van der Waals surface area contributed by atoms with E-state index in [-0.39, 0.29) is 5.79 Å². The Kier molecular flexibility index (Phi) is 5.14. The van der Waals surface area contributed by atoms with Crippen LogP contribution in [-0.2, 0) is 13.1 Å². The zero-order chi connectivity index (χ0) is 12.6. The molecule has 3 radical (unpaired) electrons. The third kappa shape index (κ3) is 4.45. The summed E-state index contributed by atoms with van der Waals surface area (Å²) >= 11 is 0. The van der Waals surface area contributed by atoms with E-state index in [0.717, 1.165) is 13.1 Å². The van der Waals surface area contributed by atoms with E-state index < -0.39 is 0 Å². The Morgan fingerprint density at radius 1 is 0.722 bits per heavy atom. The van der Waals surface area contributed by atoms with Crippen LogP contribution in [-0.4, -0.2) is 16.0 Å². The monoisotopic (exact) mass is 253 g/mol. The van der Waals surface area contributed by atoms with Crippen molar-refractivity contribution in [1.82, 2.24) is 10.6 Å². The van der Waals surface area contributed by atoms with E-state index in [4.69, 9.17) is 0 Å². The predicted octanol–water partition coefficient (Wildman–Crippen LogP) is 2.02. The molecule has 2 rings (SSSR count). The third-order valence-corrected chi connectivity index (χ3v) is 3.11. The molecule has 0 amide bonds. The van der Waals surface area contributed by atoms with Gasteiger partial charge in [0.15, 0.2) is 0 Å². The van der Waals surface area contributed by atoms with Crippen molar-refractivity contribution in [1.29, 1.82) is 0 Å². The zero-order valence-electron chi connectivity index (χ0n) is 10.3. The fraction of sp³-hybridized carbons (Fsp3) is 0.200. The normalized spacial score (nSPS) is 10.8. The summed E-state index contributed by atoms with van der Waals surface area (Å²) in [5, 5.41) is 6.74. The van der Waals surface area contributed by atoms with E-state index in [1.165, 1.54) is 11.1 Å². The molecule has 2 aromatic carbocycles. The highest BCUT2D eigenvalue weighted by atomic mass is 28.1. The van der Waals surface area contributed by atoms with Gasteiger partial charge in [0.1, 0.15) is 0 Å². The lowest BCUT2D eigenvalue weighted by Gasteiger charge is -2.15. The molecule has 0 bridgehead atoms. The van der Waals surface area contributed by atoms with E-state index in [0.29, 0.717) is 0 Å². The van der Waals surface area contributed by atoms with E-state index >= 15 is 0 Å². The molecule has 0 aliphatic carbocycles. The van der Waals surface area contributed by atoms with Crippen LogP contribution in [0.4, 0.5) is 0 Å². The molecule has 0 aliphatic heterocycles. The summed E-state index contributed by atoms with van der Waals surface area (Å²) < 4.78 is 0. The Labute approximate surface area is 112 Å². The summed E-state index contributed by atoms with van der Waals surface area (Å²) in [6.07, 6.45) is 0. The number of hydrogen-bond donors (Lipinski definition) is 2. The topological polar surface area (TPSA) is 24.1 Å². The van der Waals surface area contributed by atoms with Crippen LogP contribution in [0.5, 0.6) is 0 Å². The number of benzene rings is 2. The minimum absolute atomic E-state index is 0.102. The summed E-state index contributed by atoms with van der Waals surface area (Å²) in [5.41, 5.74) is 2.56. The second kappa shape index (κ2) is 7.11. The molecular weight excluding hydrogens is 236 g/mol. The van der Waals surface area contributed by atoms with E-state index in [1.54, 1.807) is 0 Å². The molecule has 0 fully saturated rings. The molecule has 0 saturated carbocycles. The van der Waals surface area contributed by atoms with Gasteiger partial charge >= 0.3 is 0 Å². The fourth-order valence-corrected chi connectivity index (χ4v) is 1.91. The van der Waals surface area contributed by atoms with Gasteiger partial charge < -0.3 is 10.6 Å². The van der Waals surface area contributed by atoms with Crippen LogP contribution in [0.3, 0.4) is 0 Å². The molecule has 91 valence electrons. The molecule has 0 atom stereocenters. The van der Waals surface area contributed by atoms with Crippen LogP contribution in [0.2, 0.25) is 0 Å². The summed E-state index contributed by atoms with van der Waals surface area (Å²) in [5.74, 6) is 0.102. The summed E-state index contributed by atoms with van der Waals surface area (Å²) in [7, 11) is 3.62. The average molecular weight is 253 g/mol. The Morgan fingerprint density at radius 2 is 1.11 bits per heavy atom. The SMILES string of the molecule is [Si]C(NCc1ccccc1)NCc1ccccc1. The van der Waals surface area contributed by atoms with Crippen LogP contribution >= 0.6 is 0 Å². The molecule has 0 aliphatic rings. The Hall–Kier alpha value is -1.42. The Bertz CT molecular complexity index is 401. The molecular formula is C15H17N2Si. The first-order chi connectivity index (χ1) is 8.84. The molecule has 2 N–H and O–H groups in total. The van der Waals surface area contributed by atoms with Crippen molar-refractivity contribution in [3.63, 3.8) is 0 Å². The van der Waals surface area contributed by atoms with Crippen LogP contribution in [0, 0.1) is 0 Å². The molecule has 2 nitrogen and oxygen atoms in total. The van der Waals surface area contributed by atoms with Crippen molar-refractivity contribution in [2.75, 3.05) is 0 Å². The minimum Gasteiger partial charge on any atom is -0.301 e. The number of hydrogen-bond acceptors (Lipinski definition) is 2. The van der Waals surface area contributed by atoms with Gasteiger partial charge in [0.05, 0.1) is 10.2 Å². The van der Waals surface area contributed by atoms with E-state index in [2.05, 4.69) is 69.4 Å². The van der Waals surface area contributed by atoms with Crippen LogP contribution in [0.25, 0.3) is 0 Å². The smallest absolute Gasteiger partial charge is 0.0696 e. The van der Waals surface area contributed by atoms with Crippen molar-refractivity contribution < 1.29 is 0 Å². The largest absolute Gasteiger partial charge is 0.301 e. The van der Waals surface area contributed by atoms with E-state index in [9.17, 15) is 0 Å². The number of rotatable bonds is 6. The van der Waals surface area contributed by atoms with Gasteiger partial charge in [-0.3, -0.25) is 0 Å². The molecule has 18 heavy (non-hydrogen) atoms. The highest BCUT2D eigenvalue weighted by Gasteiger charge is 2.00. The van der Waals surface area contributed by atoms with Crippen molar-refractivity contribution in [2.45, 2.75) is 18.9 Å². The molecule has 0 saturated heterocycles. The van der Waals surface area contributed by atoms with Gasteiger partial charge in [-0.2, -0.15) is 0 Å². The minimum atomic E-state index is 0.102. The second-order valence-corrected chi connectivity index (χ2v) is 4.74. The standard InChI is InChI=1S/C15H17N2Si/c18-15(16-11-13-7-3-1-4-8-13)17-12-14-9-5-2-6-10-14/h1-10,15-17H,11-12H2. The van der Waals surface area contributed by atoms with E-state index in [1.807, 2.05) is 12.1 Å². The van der Waals surface area contributed by atoms with Crippen molar-refractivity contribution in [2.24, 2.45) is 0 Å². The Morgan fingerprint density at radius 3 is 1.50 bits per heavy atom. The lowest BCUT2D eigenvalue weighted by molar-refractivity contribution is 0.532. The molecule has 0 aromatic heterocycles. The molecule has 2 aromatic rings. The maximum Gasteiger partial charge on any atom is 0.0696 e. The lowest BCUT2D eigenvalue weighted by atomic mass is 10.2. The summed E-state index contributed by atoms with van der Waals surface area (Å²) in [4.78, 5) is 0. The maximum atomic E-state index is 3.62. The zero-order valence-corrected chi connectivity index (χ0v) is 11.3. The maximum absolute atomic E-state index is 3.62. The third-order valence-electron chi connectivity index (χ3n) is 2.71. The van der Waals surface area contributed by atoms with Gasteiger partial charge in [-0.15, -0.1) is 0 Å². The average Bonchev–Trinajstić information content (AvgIpc) is 2.45. The molecule has 0 spiro atoms. The van der Waals surface area contributed by atoms with Gasteiger partial charge in [0.2, 0.25) is 0 Å². The summed E-state index contributed by atoms with van der Waals surface area (Å²) in [6.45, 7) is 1.69. The lowest BCUT2D eigenvalue weighted by Crippen LogP contribution is -2.41. The quantitative estimate of drug-likeness (QED) is 0.608. The van der Waals surface area contributed by atoms with Gasteiger partial charge in [-0.1, -0.05) is 60.7 Å². The van der Waals surface area contributed by atoms with Crippen molar-refractivity contribution >= 4 is 10.2 Å². The van der Waals surface area contributed by atoms with Crippen LogP contribution in [0.15, 0.2) is 60.7 Å². The van der Waals surface area contributed by atoms with Crippen LogP contribution in [0.1, 0.15) is 11.1 Å². The molecule has 3 heteroatoms. The first-order valence-electron chi connectivity index (χ1n) is 6.10. The Balaban J connectivity index is 1.71. The van der Waals surface area contributed by atoms with Crippen molar-refractivity contribution in [3.05, 3.63) is 71.8 Å². The highest BCUT2D eigenvalue weighted by molar-refractivity contribution is 6.11. The molecule has 0 unspecified atom stereocenters. The fourth-order valence-electron chi connectivity index (χ4n) is 1.70. The van der Waals surface area contributed by atoms with Crippen molar-refractivity contribution in [3.8, 4) is 0 Å². The first-order valence-corrected chi connectivity index (χ1v) is 6.68. The highest BCUT2D eigenvalue weighted by Crippen LogP contribution is 1.99. The predicted molar refractivity (Wildman–Crippen MR) is 76.1 cm³/mol. The van der Waals surface area contributed by atoms with Crippen LogP contribution < -0.4 is 10.6 Å². The first kappa shape index (κ1) is 13.0. The van der Waals surface area contributed by atoms with Gasteiger partial charge in [0.25, 0.3) is 0 Å². The van der Waals surface area contributed by atoms with Gasteiger partial charge in [0, 0.05) is 18.9 Å². The second-order valence-electron chi connectivity index (χ2n) is 4.17. The summed E-state index contributed by atoms with van der Waals surface area (Å²) in [6, 6.07) is 20.7. The number of nitrogens with one attached hydrogen (secondary N) is 2. The molecule has 0 heterocycles.